The summed E-state index contributed by atoms with van der Waals surface area (Å²) in [5.74, 6) is 1.34. The number of carbonyl (C=O) groups excluding carboxylic acids is 1. The molecule has 1 aromatic carbocycles. The van der Waals surface area contributed by atoms with Gasteiger partial charge in [0, 0.05) is 35.8 Å². The zero-order chi connectivity index (χ0) is 16.7. The van der Waals surface area contributed by atoms with Gasteiger partial charge in [-0.2, -0.15) is 0 Å². The average molecular weight is 344 g/mol. The number of fused-ring (bicyclic) bond motifs is 2. The second-order valence-electron chi connectivity index (χ2n) is 6.37. The van der Waals surface area contributed by atoms with Crippen LogP contribution in [0.5, 0.6) is 11.5 Å². The number of ether oxygens (including phenoxy) is 2. The molecule has 0 fully saturated rings. The Labute approximate surface area is 145 Å². The number of nitrogens with one attached hydrogen (secondary N) is 1. The van der Waals surface area contributed by atoms with Crippen LogP contribution in [0.3, 0.4) is 0 Å². The summed E-state index contributed by atoms with van der Waals surface area (Å²) in [6.07, 6.45) is 0. The van der Waals surface area contributed by atoms with Crippen LogP contribution in [0.15, 0.2) is 24.3 Å². The molecule has 126 valence electrons. The summed E-state index contributed by atoms with van der Waals surface area (Å²) in [4.78, 5) is 17.0. The van der Waals surface area contributed by atoms with Gasteiger partial charge in [-0.05, 0) is 37.6 Å². The van der Waals surface area contributed by atoms with Crippen molar-refractivity contribution < 1.29 is 14.3 Å². The van der Waals surface area contributed by atoms with Crippen LogP contribution in [-0.4, -0.2) is 30.1 Å². The van der Waals surface area contributed by atoms with Crippen LogP contribution in [0.25, 0.3) is 0 Å². The van der Waals surface area contributed by atoms with Crippen molar-refractivity contribution in [3.05, 3.63) is 39.6 Å². The summed E-state index contributed by atoms with van der Waals surface area (Å²) < 4.78 is 11.1. The third kappa shape index (κ3) is 2.87. The molecule has 0 atom stereocenters. The number of carbonyl (C=O) groups is 1. The van der Waals surface area contributed by atoms with E-state index in [1.165, 1.54) is 10.4 Å². The van der Waals surface area contributed by atoms with Gasteiger partial charge in [0.15, 0.2) is 11.5 Å². The largest absolute Gasteiger partial charge is 0.486 e. The van der Waals surface area contributed by atoms with Crippen LogP contribution in [0.1, 0.15) is 34.0 Å². The molecule has 6 heteroatoms. The molecule has 5 nitrogen and oxygen atoms in total. The Bertz CT molecular complexity index is 761. The number of thiophene rings is 1. The third-order valence-corrected chi connectivity index (χ3v) is 5.53. The highest BCUT2D eigenvalue weighted by Gasteiger charge is 2.25. The molecule has 3 heterocycles. The minimum atomic E-state index is -0.0674. The Balaban J connectivity index is 1.47. The van der Waals surface area contributed by atoms with E-state index in [-0.39, 0.29) is 5.91 Å². The summed E-state index contributed by atoms with van der Waals surface area (Å²) in [5, 5.41) is 2.95. The Kier molecular flexibility index (Phi) is 3.94. The molecule has 2 aromatic rings. The average Bonchev–Trinajstić information content (AvgIpc) is 3.13. The van der Waals surface area contributed by atoms with Crippen molar-refractivity contribution in [1.82, 2.24) is 4.90 Å². The molecular formula is C18H20N2O3S. The van der Waals surface area contributed by atoms with Crippen molar-refractivity contribution in [2.75, 3.05) is 18.5 Å². The maximum Gasteiger partial charge on any atom is 0.265 e. The molecule has 0 saturated carbocycles. The fourth-order valence-electron chi connectivity index (χ4n) is 2.98. The standard InChI is InChI=1S/C18H20N2O3S/c1-11(2)20-9-12-7-16(24-17(12)10-20)18(21)19-13-3-4-14-15(8-13)23-6-5-22-14/h3-4,7-8,11H,5-6,9-10H2,1-2H3,(H,19,21). The van der Waals surface area contributed by atoms with E-state index in [0.717, 1.165) is 29.4 Å². The van der Waals surface area contributed by atoms with E-state index in [9.17, 15) is 4.79 Å². The highest BCUT2D eigenvalue weighted by atomic mass is 32.1. The van der Waals surface area contributed by atoms with Gasteiger partial charge in [0.1, 0.15) is 13.2 Å². The molecule has 1 N–H and O–H groups in total. The molecule has 0 spiro atoms. The first-order valence-corrected chi connectivity index (χ1v) is 8.98. The van der Waals surface area contributed by atoms with Gasteiger partial charge in [-0.25, -0.2) is 0 Å². The van der Waals surface area contributed by atoms with Crippen LogP contribution in [0, 0.1) is 0 Å². The maximum absolute atomic E-state index is 12.5. The van der Waals surface area contributed by atoms with Crippen LogP contribution in [0.2, 0.25) is 0 Å². The molecule has 1 amide bonds. The van der Waals surface area contributed by atoms with Gasteiger partial charge in [-0.3, -0.25) is 9.69 Å². The predicted molar refractivity (Wildman–Crippen MR) is 94.1 cm³/mol. The van der Waals surface area contributed by atoms with Crippen LogP contribution in [0.4, 0.5) is 5.69 Å². The zero-order valence-corrected chi connectivity index (χ0v) is 14.6. The molecule has 0 unspecified atom stereocenters. The van der Waals surface area contributed by atoms with Crippen molar-refractivity contribution >= 4 is 22.9 Å². The molecule has 0 radical (unpaired) electrons. The lowest BCUT2D eigenvalue weighted by Gasteiger charge is -2.19. The van der Waals surface area contributed by atoms with Crippen molar-refractivity contribution in [2.45, 2.75) is 33.0 Å². The zero-order valence-electron chi connectivity index (χ0n) is 13.8. The van der Waals surface area contributed by atoms with E-state index in [1.807, 2.05) is 24.3 Å². The van der Waals surface area contributed by atoms with E-state index in [1.54, 1.807) is 11.3 Å². The van der Waals surface area contributed by atoms with Gasteiger partial charge >= 0.3 is 0 Å². The summed E-state index contributed by atoms with van der Waals surface area (Å²) in [6, 6.07) is 8.04. The Morgan fingerprint density at radius 2 is 1.96 bits per heavy atom. The van der Waals surface area contributed by atoms with Crippen LogP contribution < -0.4 is 14.8 Å². The molecule has 0 saturated heterocycles. The van der Waals surface area contributed by atoms with Crippen LogP contribution in [-0.2, 0) is 13.1 Å². The van der Waals surface area contributed by atoms with Crippen LogP contribution >= 0.6 is 11.3 Å². The van der Waals surface area contributed by atoms with Gasteiger partial charge in [0.25, 0.3) is 5.91 Å². The molecular weight excluding hydrogens is 324 g/mol. The fraction of sp³-hybridized carbons (Fsp3) is 0.389. The molecule has 2 aliphatic rings. The SMILES string of the molecule is CC(C)N1Cc2cc(C(=O)Nc3ccc4c(c3)OCCO4)sc2C1. The van der Waals surface area contributed by atoms with Crippen molar-refractivity contribution in [2.24, 2.45) is 0 Å². The number of nitrogens with zero attached hydrogens (tertiary/aromatic N) is 1. The number of anilines is 1. The summed E-state index contributed by atoms with van der Waals surface area (Å²) >= 11 is 1.59. The number of amides is 1. The Morgan fingerprint density at radius 1 is 1.17 bits per heavy atom. The van der Waals surface area contributed by atoms with E-state index >= 15 is 0 Å². The monoisotopic (exact) mass is 344 g/mol. The van der Waals surface area contributed by atoms with E-state index in [4.69, 9.17) is 9.47 Å². The van der Waals surface area contributed by atoms with E-state index < -0.39 is 0 Å². The highest BCUT2D eigenvalue weighted by molar-refractivity contribution is 7.14. The van der Waals surface area contributed by atoms with Crippen molar-refractivity contribution in [3.63, 3.8) is 0 Å². The van der Waals surface area contributed by atoms with E-state index in [2.05, 4.69) is 24.1 Å². The van der Waals surface area contributed by atoms with Gasteiger partial charge in [-0.15, -0.1) is 11.3 Å². The minimum absolute atomic E-state index is 0.0674. The maximum atomic E-state index is 12.5. The summed E-state index contributed by atoms with van der Waals surface area (Å²) in [6.45, 7) is 7.37. The Morgan fingerprint density at radius 3 is 2.71 bits per heavy atom. The number of hydrogen-bond acceptors (Lipinski definition) is 5. The normalized spacial score (nSPS) is 16.3. The van der Waals surface area contributed by atoms with Gasteiger partial charge in [-0.1, -0.05) is 0 Å². The van der Waals surface area contributed by atoms with Crippen molar-refractivity contribution in [1.29, 1.82) is 0 Å². The second kappa shape index (κ2) is 6.11. The van der Waals surface area contributed by atoms with Gasteiger partial charge in [0.2, 0.25) is 0 Å². The molecule has 2 aliphatic heterocycles. The summed E-state index contributed by atoms with van der Waals surface area (Å²) in [5.41, 5.74) is 2.00. The molecule has 0 aliphatic carbocycles. The number of hydrogen-bond donors (Lipinski definition) is 1. The quantitative estimate of drug-likeness (QED) is 0.926. The lowest BCUT2D eigenvalue weighted by atomic mass is 10.2. The minimum Gasteiger partial charge on any atom is -0.486 e. The smallest absolute Gasteiger partial charge is 0.265 e. The molecule has 4 rings (SSSR count). The molecule has 0 bridgehead atoms. The summed E-state index contributed by atoms with van der Waals surface area (Å²) in [7, 11) is 0. The molecule has 24 heavy (non-hydrogen) atoms. The molecule has 1 aromatic heterocycles. The topological polar surface area (TPSA) is 50.8 Å². The fourth-order valence-corrected chi connectivity index (χ4v) is 4.08. The third-order valence-electron chi connectivity index (χ3n) is 4.37. The lowest BCUT2D eigenvalue weighted by Crippen LogP contribution is -2.24. The van der Waals surface area contributed by atoms with Gasteiger partial charge < -0.3 is 14.8 Å². The number of benzene rings is 1. The number of rotatable bonds is 3. The first-order valence-electron chi connectivity index (χ1n) is 8.17. The first kappa shape index (κ1) is 15.5. The van der Waals surface area contributed by atoms with Crippen molar-refractivity contribution in [3.8, 4) is 11.5 Å². The lowest BCUT2D eigenvalue weighted by molar-refractivity contribution is 0.103. The highest BCUT2D eigenvalue weighted by Crippen LogP contribution is 2.34. The van der Waals surface area contributed by atoms with Gasteiger partial charge in [0.05, 0.1) is 4.88 Å². The second-order valence-corrected chi connectivity index (χ2v) is 7.51. The first-order chi connectivity index (χ1) is 11.6. The Hall–Kier alpha value is -2.05. The van der Waals surface area contributed by atoms with E-state index in [0.29, 0.717) is 25.0 Å². The predicted octanol–water partition coefficient (Wildman–Crippen LogP) is 3.50.